The first-order chi connectivity index (χ1) is 8.70. The summed E-state index contributed by atoms with van der Waals surface area (Å²) in [7, 11) is 0. The smallest absolute Gasteiger partial charge is 0.253 e. The standard InChI is InChI=1S/C10H10Cl2N4O2/c11-6-3-7(12)9(14-4-6)10-15-8(18-16-10)5-17-2-1-13/h3-4H,1-2,5,13H2. The molecule has 0 spiro atoms. The van der Waals surface area contributed by atoms with Crippen molar-refractivity contribution in [2.24, 2.45) is 5.73 Å². The second-order valence-electron chi connectivity index (χ2n) is 3.34. The fraction of sp³-hybridized carbons (Fsp3) is 0.300. The molecular formula is C10H10Cl2N4O2. The molecule has 0 amide bonds. The first-order valence-corrected chi connectivity index (χ1v) is 5.88. The van der Waals surface area contributed by atoms with Crippen molar-refractivity contribution in [2.45, 2.75) is 6.61 Å². The Balaban J connectivity index is 2.13. The highest BCUT2D eigenvalue weighted by Crippen LogP contribution is 2.25. The molecule has 2 aromatic rings. The molecular weight excluding hydrogens is 279 g/mol. The van der Waals surface area contributed by atoms with Gasteiger partial charge in [0.25, 0.3) is 5.89 Å². The molecule has 0 aliphatic rings. The van der Waals surface area contributed by atoms with Crippen molar-refractivity contribution in [2.75, 3.05) is 13.2 Å². The zero-order chi connectivity index (χ0) is 13.0. The summed E-state index contributed by atoms with van der Waals surface area (Å²) in [6.45, 7) is 1.07. The van der Waals surface area contributed by atoms with Gasteiger partial charge in [0, 0.05) is 12.7 Å². The number of aromatic nitrogens is 3. The van der Waals surface area contributed by atoms with Crippen LogP contribution < -0.4 is 5.73 Å². The summed E-state index contributed by atoms with van der Waals surface area (Å²) in [5.74, 6) is 0.634. The van der Waals surface area contributed by atoms with E-state index in [1.165, 1.54) is 6.20 Å². The van der Waals surface area contributed by atoms with E-state index >= 15 is 0 Å². The van der Waals surface area contributed by atoms with E-state index in [9.17, 15) is 0 Å². The van der Waals surface area contributed by atoms with Gasteiger partial charge < -0.3 is 15.0 Å². The molecule has 0 saturated heterocycles. The lowest BCUT2D eigenvalue weighted by Crippen LogP contribution is -2.08. The molecule has 0 radical (unpaired) electrons. The molecule has 6 nitrogen and oxygen atoms in total. The fourth-order valence-corrected chi connectivity index (χ4v) is 1.70. The molecule has 0 aliphatic heterocycles. The summed E-state index contributed by atoms with van der Waals surface area (Å²) in [5, 5.41) is 4.57. The lowest BCUT2D eigenvalue weighted by atomic mass is 10.3. The number of hydrogen-bond donors (Lipinski definition) is 1. The van der Waals surface area contributed by atoms with E-state index in [2.05, 4.69) is 15.1 Å². The van der Waals surface area contributed by atoms with E-state index < -0.39 is 0 Å². The predicted molar refractivity (Wildman–Crippen MR) is 66.3 cm³/mol. The van der Waals surface area contributed by atoms with Gasteiger partial charge in [-0.25, -0.2) is 4.98 Å². The van der Waals surface area contributed by atoms with Gasteiger partial charge in [-0.2, -0.15) is 4.98 Å². The average Bonchev–Trinajstić information content (AvgIpc) is 2.78. The van der Waals surface area contributed by atoms with Gasteiger partial charge in [-0.05, 0) is 6.07 Å². The topological polar surface area (TPSA) is 87.1 Å². The minimum Gasteiger partial charge on any atom is -0.370 e. The summed E-state index contributed by atoms with van der Waals surface area (Å²) in [5.41, 5.74) is 5.70. The Morgan fingerprint density at radius 3 is 2.94 bits per heavy atom. The molecule has 2 aromatic heterocycles. The van der Waals surface area contributed by atoms with Gasteiger partial charge in [-0.3, -0.25) is 0 Å². The minimum absolute atomic E-state index is 0.204. The van der Waals surface area contributed by atoms with Crippen LogP contribution in [-0.4, -0.2) is 28.3 Å². The van der Waals surface area contributed by atoms with Crippen LogP contribution in [0.4, 0.5) is 0 Å². The Hall–Kier alpha value is -1.21. The SMILES string of the molecule is NCCOCc1nc(-c2ncc(Cl)cc2Cl)no1. The third-order valence-corrected chi connectivity index (χ3v) is 2.47. The maximum Gasteiger partial charge on any atom is 0.253 e. The van der Waals surface area contributed by atoms with Crippen molar-refractivity contribution < 1.29 is 9.26 Å². The predicted octanol–water partition coefficient (Wildman–Crippen LogP) is 1.91. The summed E-state index contributed by atoms with van der Waals surface area (Å²) < 4.78 is 10.2. The van der Waals surface area contributed by atoms with Gasteiger partial charge >= 0.3 is 0 Å². The van der Waals surface area contributed by atoms with Crippen LogP contribution in [0.2, 0.25) is 10.0 Å². The van der Waals surface area contributed by atoms with Crippen molar-refractivity contribution >= 4 is 23.2 Å². The second kappa shape index (κ2) is 6.10. The third kappa shape index (κ3) is 3.17. The molecule has 0 fully saturated rings. The Labute approximate surface area is 113 Å². The van der Waals surface area contributed by atoms with Crippen LogP contribution in [-0.2, 0) is 11.3 Å². The first kappa shape index (κ1) is 13.2. The van der Waals surface area contributed by atoms with E-state index in [0.29, 0.717) is 40.6 Å². The normalized spacial score (nSPS) is 10.8. The number of pyridine rings is 1. The van der Waals surface area contributed by atoms with Crippen molar-refractivity contribution in [3.8, 4) is 11.5 Å². The fourth-order valence-electron chi connectivity index (χ4n) is 1.23. The molecule has 18 heavy (non-hydrogen) atoms. The van der Waals surface area contributed by atoms with Crippen molar-refractivity contribution in [3.63, 3.8) is 0 Å². The molecule has 0 unspecified atom stereocenters. The van der Waals surface area contributed by atoms with E-state index in [0.717, 1.165) is 0 Å². The second-order valence-corrected chi connectivity index (χ2v) is 4.18. The van der Waals surface area contributed by atoms with Crippen molar-refractivity contribution in [3.05, 3.63) is 28.2 Å². The van der Waals surface area contributed by atoms with Gasteiger partial charge in [-0.1, -0.05) is 28.4 Å². The van der Waals surface area contributed by atoms with E-state index in [4.69, 9.17) is 38.2 Å². The Morgan fingerprint density at radius 2 is 2.22 bits per heavy atom. The zero-order valence-corrected chi connectivity index (χ0v) is 10.8. The molecule has 2 heterocycles. The molecule has 0 bridgehead atoms. The molecule has 0 aromatic carbocycles. The zero-order valence-electron chi connectivity index (χ0n) is 9.27. The summed E-state index contributed by atoms with van der Waals surface area (Å²) in [4.78, 5) is 8.16. The van der Waals surface area contributed by atoms with Crippen LogP contribution in [0.15, 0.2) is 16.8 Å². The van der Waals surface area contributed by atoms with Crippen LogP contribution in [0.1, 0.15) is 5.89 Å². The van der Waals surface area contributed by atoms with Crippen LogP contribution in [0.25, 0.3) is 11.5 Å². The average molecular weight is 289 g/mol. The van der Waals surface area contributed by atoms with Crippen molar-refractivity contribution in [1.29, 1.82) is 0 Å². The van der Waals surface area contributed by atoms with Gasteiger partial charge in [0.1, 0.15) is 12.3 Å². The highest BCUT2D eigenvalue weighted by atomic mass is 35.5. The van der Waals surface area contributed by atoms with E-state index in [-0.39, 0.29) is 6.61 Å². The summed E-state index contributed by atoms with van der Waals surface area (Å²) in [6, 6.07) is 1.56. The number of ether oxygens (including phenoxy) is 1. The molecule has 0 atom stereocenters. The number of nitrogens with zero attached hydrogens (tertiary/aromatic N) is 3. The number of nitrogens with two attached hydrogens (primary N) is 1. The minimum atomic E-state index is 0.204. The van der Waals surface area contributed by atoms with Crippen LogP contribution >= 0.6 is 23.2 Å². The number of hydrogen-bond acceptors (Lipinski definition) is 6. The van der Waals surface area contributed by atoms with Gasteiger partial charge in [0.2, 0.25) is 5.82 Å². The molecule has 2 rings (SSSR count). The number of halogens is 2. The highest BCUT2D eigenvalue weighted by molar-refractivity contribution is 6.35. The Bertz CT molecular complexity index is 532. The lowest BCUT2D eigenvalue weighted by molar-refractivity contribution is 0.104. The highest BCUT2D eigenvalue weighted by Gasteiger charge is 2.13. The van der Waals surface area contributed by atoms with Crippen LogP contribution in [0.5, 0.6) is 0 Å². The number of rotatable bonds is 5. The summed E-state index contributed by atoms with van der Waals surface area (Å²) in [6.07, 6.45) is 1.46. The van der Waals surface area contributed by atoms with E-state index in [1.807, 2.05) is 0 Å². The molecule has 8 heteroatoms. The van der Waals surface area contributed by atoms with Gasteiger partial charge in [0.05, 0.1) is 16.7 Å². The molecule has 2 N–H and O–H groups in total. The van der Waals surface area contributed by atoms with Gasteiger partial charge in [-0.15, -0.1) is 0 Å². The Kier molecular flexibility index (Phi) is 4.48. The molecule has 0 saturated carbocycles. The monoisotopic (exact) mass is 288 g/mol. The maximum atomic E-state index is 5.98. The Morgan fingerprint density at radius 1 is 1.39 bits per heavy atom. The molecule has 0 aliphatic carbocycles. The lowest BCUT2D eigenvalue weighted by Gasteiger charge is -1.97. The van der Waals surface area contributed by atoms with Crippen LogP contribution in [0.3, 0.4) is 0 Å². The van der Waals surface area contributed by atoms with E-state index in [1.54, 1.807) is 6.07 Å². The molecule has 96 valence electrons. The first-order valence-electron chi connectivity index (χ1n) is 5.12. The summed E-state index contributed by atoms with van der Waals surface area (Å²) >= 11 is 11.7. The largest absolute Gasteiger partial charge is 0.370 e. The maximum absolute atomic E-state index is 5.98. The van der Waals surface area contributed by atoms with Crippen molar-refractivity contribution in [1.82, 2.24) is 15.1 Å². The quantitative estimate of drug-likeness (QED) is 0.846. The van der Waals surface area contributed by atoms with Crippen LogP contribution in [0, 0.1) is 0 Å². The van der Waals surface area contributed by atoms with Gasteiger partial charge in [0.15, 0.2) is 0 Å². The third-order valence-electron chi connectivity index (χ3n) is 1.98.